The molecule has 2 atom stereocenters. The summed E-state index contributed by atoms with van der Waals surface area (Å²) < 4.78 is 26.6. The standard InChI is InChI=1S/C43H53FN6O5/c1-26(2)29-10-7-8-11-30(29)36-24-48(41(53)55-42(4,5)6)18-19-49(36)28-21-43(22-28)14-16-47(17-15-43)34-13-9-12-31(40(51)52)37(34)50-27(3)25-54-39-35(50)20-32-33(44)23-45-38(32)46-39/h7-13,20,23,26-28,36H,14-19,21-22,24-25H2,1-6H3,(H,45,46)(H,51,52)/t27-,36+/m1/s1. The van der Waals surface area contributed by atoms with Gasteiger partial charge in [0.05, 0.1) is 34.4 Å². The van der Waals surface area contributed by atoms with E-state index < -0.39 is 17.4 Å². The molecule has 11 nitrogen and oxygen atoms in total. The van der Waals surface area contributed by atoms with Crippen molar-refractivity contribution < 1.29 is 28.6 Å². The zero-order valence-electron chi connectivity index (χ0n) is 32.8. The Balaban J connectivity index is 1.03. The predicted molar refractivity (Wildman–Crippen MR) is 211 cm³/mol. The second-order valence-corrected chi connectivity index (χ2v) is 17.4. The Hall–Kier alpha value is -4.84. The molecule has 1 amide bonds. The van der Waals surface area contributed by atoms with E-state index in [-0.39, 0.29) is 29.2 Å². The molecule has 1 spiro atoms. The molecule has 2 aromatic heterocycles. The van der Waals surface area contributed by atoms with Crippen LogP contribution in [0.3, 0.4) is 0 Å². The highest BCUT2D eigenvalue weighted by Crippen LogP contribution is 2.54. The summed E-state index contributed by atoms with van der Waals surface area (Å²) in [5.74, 6) is -0.735. The van der Waals surface area contributed by atoms with Crippen LogP contribution in [0.4, 0.5) is 26.2 Å². The molecule has 5 heterocycles. The zero-order chi connectivity index (χ0) is 38.8. The number of carboxylic acids is 1. The van der Waals surface area contributed by atoms with Gasteiger partial charge in [0, 0.05) is 45.0 Å². The SMILES string of the molecule is CC(C)c1ccccc1[C@@H]1CN(C(=O)OC(C)(C)C)CCN1C1CC2(CCN(c3cccc(C(=O)O)c3N3c4cc5c(F)c[nH]c5nc4OC[C@H]3C)CC2)C1. The first-order chi connectivity index (χ1) is 26.2. The van der Waals surface area contributed by atoms with Gasteiger partial charge in [0.1, 0.15) is 29.4 Å². The van der Waals surface area contributed by atoms with Gasteiger partial charge in [-0.05, 0) is 94.0 Å². The quantitative estimate of drug-likeness (QED) is 0.200. The van der Waals surface area contributed by atoms with Crippen LogP contribution in [0.5, 0.6) is 5.88 Å². The van der Waals surface area contributed by atoms with E-state index in [0.29, 0.717) is 59.9 Å². The summed E-state index contributed by atoms with van der Waals surface area (Å²) in [6, 6.07) is 16.1. The Bertz CT molecular complexity index is 2090. The third-order valence-corrected chi connectivity index (χ3v) is 12.2. The maximum atomic E-state index is 14.8. The van der Waals surface area contributed by atoms with E-state index in [9.17, 15) is 19.1 Å². The van der Waals surface area contributed by atoms with E-state index in [1.807, 2.05) is 49.6 Å². The van der Waals surface area contributed by atoms with Crippen LogP contribution in [0.1, 0.15) is 101 Å². The molecule has 0 bridgehead atoms. The minimum atomic E-state index is -1.02. The molecule has 0 radical (unpaired) electrons. The lowest BCUT2D eigenvalue weighted by atomic mass is 9.59. The normalized spacial score (nSPS) is 21.8. The van der Waals surface area contributed by atoms with Crippen molar-refractivity contribution in [3.05, 3.63) is 77.2 Å². The van der Waals surface area contributed by atoms with Crippen LogP contribution in [0.15, 0.2) is 54.7 Å². The number of nitrogens with zero attached hydrogens (tertiary/aromatic N) is 5. The van der Waals surface area contributed by atoms with Crippen LogP contribution in [-0.2, 0) is 4.74 Å². The van der Waals surface area contributed by atoms with Crippen molar-refractivity contribution in [3.8, 4) is 5.88 Å². The number of benzene rings is 2. The fourth-order valence-corrected chi connectivity index (χ4v) is 9.48. The third kappa shape index (κ3) is 6.87. The minimum Gasteiger partial charge on any atom is -0.478 e. The van der Waals surface area contributed by atoms with Crippen molar-refractivity contribution in [2.75, 3.05) is 49.1 Å². The zero-order valence-corrected chi connectivity index (χ0v) is 32.8. The lowest BCUT2D eigenvalue weighted by molar-refractivity contribution is -0.0644. The average molecular weight is 753 g/mol. The van der Waals surface area contributed by atoms with Crippen molar-refractivity contribution in [3.63, 3.8) is 0 Å². The summed E-state index contributed by atoms with van der Waals surface area (Å²) in [5.41, 5.74) is 4.83. The molecule has 1 aliphatic carbocycles. The van der Waals surface area contributed by atoms with E-state index in [4.69, 9.17) is 9.47 Å². The summed E-state index contributed by atoms with van der Waals surface area (Å²) in [5, 5.41) is 10.8. The van der Waals surface area contributed by atoms with Gasteiger partial charge in [-0.1, -0.05) is 44.2 Å². The fraction of sp³-hybridized carbons (Fsp3) is 0.512. The number of halogens is 1. The number of carbonyl (C=O) groups is 2. The van der Waals surface area contributed by atoms with Gasteiger partial charge in [0.2, 0.25) is 5.88 Å². The molecule has 0 unspecified atom stereocenters. The summed E-state index contributed by atoms with van der Waals surface area (Å²) in [6.45, 7) is 16.1. The average Bonchev–Trinajstić information content (AvgIpc) is 3.50. The molecule has 1 saturated carbocycles. The molecule has 3 fully saturated rings. The monoisotopic (exact) mass is 752 g/mol. The molecule has 55 heavy (non-hydrogen) atoms. The smallest absolute Gasteiger partial charge is 0.410 e. The number of aromatic amines is 1. The number of aromatic nitrogens is 2. The molecular formula is C43H53FN6O5. The number of piperazine rings is 1. The Morgan fingerprint density at radius 1 is 1.04 bits per heavy atom. The highest BCUT2D eigenvalue weighted by molar-refractivity contribution is 6.01. The van der Waals surface area contributed by atoms with Crippen molar-refractivity contribution in [1.29, 1.82) is 0 Å². The van der Waals surface area contributed by atoms with Gasteiger partial charge in [-0.25, -0.2) is 14.0 Å². The number of para-hydroxylation sites is 1. The van der Waals surface area contributed by atoms with Gasteiger partial charge in [-0.3, -0.25) is 4.90 Å². The number of pyridine rings is 1. The summed E-state index contributed by atoms with van der Waals surface area (Å²) >= 11 is 0. The Kier molecular flexibility index (Phi) is 9.46. The number of H-pyrrole nitrogens is 1. The van der Waals surface area contributed by atoms with Crippen LogP contribution < -0.4 is 14.5 Å². The van der Waals surface area contributed by atoms with Gasteiger partial charge < -0.3 is 34.3 Å². The van der Waals surface area contributed by atoms with Crippen LogP contribution >= 0.6 is 0 Å². The van der Waals surface area contributed by atoms with Crippen LogP contribution in [-0.4, -0.2) is 94.0 Å². The number of hydrogen-bond donors (Lipinski definition) is 2. The molecule has 8 rings (SSSR count). The first-order valence-corrected chi connectivity index (χ1v) is 19.8. The molecule has 2 N–H and O–H groups in total. The highest BCUT2D eigenvalue weighted by Gasteiger charge is 2.51. The number of amides is 1. The van der Waals surface area contributed by atoms with Gasteiger partial charge in [0.25, 0.3) is 0 Å². The van der Waals surface area contributed by atoms with Crippen molar-refractivity contribution in [1.82, 2.24) is 19.8 Å². The third-order valence-electron chi connectivity index (χ3n) is 12.2. The maximum Gasteiger partial charge on any atom is 0.410 e. The van der Waals surface area contributed by atoms with Crippen molar-refractivity contribution in [2.24, 2.45) is 5.41 Å². The number of piperidine rings is 1. The van der Waals surface area contributed by atoms with E-state index in [1.54, 1.807) is 12.1 Å². The first kappa shape index (κ1) is 37.1. The summed E-state index contributed by atoms with van der Waals surface area (Å²) in [6.07, 6.45) is 5.20. The van der Waals surface area contributed by atoms with Gasteiger partial charge in [0.15, 0.2) is 0 Å². The number of aromatic carboxylic acids is 1. The molecule has 292 valence electrons. The van der Waals surface area contributed by atoms with E-state index >= 15 is 0 Å². The number of carbonyl (C=O) groups excluding carboxylic acids is 1. The molecule has 3 aliphatic heterocycles. The molecule has 12 heteroatoms. The van der Waals surface area contributed by atoms with Crippen LogP contribution in [0.25, 0.3) is 11.0 Å². The Morgan fingerprint density at radius 3 is 2.49 bits per heavy atom. The second-order valence-electron chi connectivity index (χ2n) is 17.4. The summed E-state index contributed by atoms with van der Waals surface area (Å²) in [7, 11) is 0. The molecule has 2 saturated heterocycles. The molecule has 4 aliphatic rings. The fourth-order valence-electron chi connectivity index (χ4n) is 9.48. The molecule has 4 aromatic rings. The number of carboxylic acid groups (broad SMARTS) is 1. The lowest BCUT2D eigenvalue weighted by Gasteiger charge is -2.58. The number of hydrogen-bond acceptors (Lipinski definition) is 8. The number of ether oxygens (including phenoxy) is 2. The maximum absolute atomic E-state index is 14.8. The van der Waals surface area contributed by atoms with Crippen LogP contribution in [0.2, 0.25) is 0 Å². The number of fused-ring (bicyclic) bond motifs is 2. The van der Waals surface area contributed by atoms with Gasteiger partial charge >= 0.3 is 12.1 Å². The number of nitrogens with one attached hydrogen (secondary N) is 1. The van der Waals surface area contributed by atoms with Crippen LogP contribution in [0, 0.1) is 11.2 Å². The van der Waals surface area contributed by atoms with Crippen molar-refractivity contribution in [2.45, 2.75) is 96.9 Å². The molecular weight excluding hydrogens is 700 g/mol. The van der Waals surface area contributed by atoms with Crippen molar-refractivity contribution >= 4 is 40.2 Å². The first-order valence-electron chi connectivity index (χ1n) is 19.8. The van der Waals surface area contributed by atoms with Gasteiger partial charge in [-0.2, -0.15) is 4.98 Å². The second kappa shape index (κ2) is 14.0. The van der Waals surface area contributed by atoms with E-state index in [2.05, 4.69) is 57.9 Å². The molecule has 2 aromatic carbocycles. The Labute approximate surface area is 322 Å². The minimum absolute atomic E-state index is 0.0810. The lowest BCUT2D eigenvalue weighted by Crippen LogP contribution is -2.60. The largest absolute Gasteiger partial charge is 0.478 e. The van der Waals surface area contributed by atoms with E-state index in [1.165, 1.54) is 17.3 Å². The number of anilines is 3. The Morgan fingerprint density at radius 2 is 1.78 bits per heavy atom. The summed E-state index contributed by atoms with van der Waals surface area (Å²) in [4.78, 5) is 42.4. The number of rotatable bonds is 6. The highest BCUT2D eigenvalue weighted by atomic mass is 19.1. The van der Waals surface area contributed by atoms with E-state index in [0.717, 1.165) is 51.0 Å². The van der Waals surface area contributed by atoms with Gasteiger partial charge in [-0.15, -0.1) is 0 Å². The topological polar surface area (TPSA) is 114 Å². The predicted octanol–water partition coefficient (Wildman–Crippen LogP) is 8.49.